The zero-order chi connectivity index (χ0) is 22.0. The van der Waals surface area contributed by atoms with E-state index >= 15 is 0 Å². The van der Waals surface area contributed by atoms with E-state index in [1.165, 1.54) is 12.7 Å². The minimum atomic E-state index is -0.664. The first-order valence-electron chi connectivity index (χ1n) is 10.3. The minimum absolute atomic E-state index is 0.106. The number of likely N-dealkylation sites (tertiary alicyclic amines) is 1. The fraction of sp³-hybridized carbons (Fsp3) is 0.360. The molecule has 30 heavy (non-hydrogen) atoms. The predicted molar refractivity (Wildman–Crippen MR) is 118 cm³/mol. The van der Waals surface area contributed by atoms with Crippen LogP contribution >= 0.6 is 0 Å². The summed E-state index contributed by atoms with van der Waals surface area (Å²) in [5.74, 6) is -0.623. The van der Waals surface area contributed by atoms with Gasteiger partial charge in [-0.15, -0.1) is 0 Å². The summed E-state index contributed by atoms with van der Waals surface area (Å²) >= 11 is 0. The monoisotopic (exact) mass is 407 g/mol. The van der Waals surface area contributed by atoms with Gasteiger partial charge in [-0.2, -0.15) is 0 Å². The van der Waals surface area contributed by atoms with Gasteiger partial charge in [0.1, 0.15) is 11.5 Å². The maximum Gasteiger partial charge on any atom is 0.295 e. The summed E-state index contributed by atoms with van der Waals surface area (Å²) in [7, 11) is 1.51. The molecule has 5 heteroatoms. The normalized spacial score (nSPS) is 18.3. The van der Waals surface area contributed by atoms with Crippen molar-refractivity contribution in [1.29, 1.82) is 0 Å². The predicted octanol–water partition coefficient (Wildman–Crippen LogP) is 4.96. The van der Waals surface area contributed by atoms with E-state index in [4.69, 9.17) is 4.74 Å². The lowest BCUT2D eigenvalue weighted by atomic mass is 9.92. The largest absolute Gasteiger partial charge is 0.507 e. The lowest BCUT2D eigenvalue weighted by Crippen LogP contribution is -2.30. The topological polar surface area (TPSA) is 66.8 Å². The lowest BCUT2D eigenvalue weighted by molar-refractivity contribution is -0.139. The Morgan fingerprint density at radius 1 is 1.13 bits per heavy atom. The number of amides is 1. The van der Waals surface area contributed by atoms with Gasteiger partial charge in [0.15, 0.2) is 0 Å². The van der Waals surface area contributed by atoms with E-state index in [0.717, 1.165) is 11.1 Å². The molecule has 1 amide bonds. The Bertz CT molecular complexity index is 989. The Balaban J connectivity index is 2.21. The van der Waals surface area contributed by atoms with Crippen LogP contribution in [0.4, 0.5) is 0 Å². The third-order valence-corrected chi connectivity index (χ3v) is 5.53. The molecule has 1 atom stereocenters. The first-order chi connectivity index (χ1) is 14.3. The second-order valence-corrected chi connectivity index (χ2v) is 8.02. The van der Waals surface area contributed by atoms with Crippen LogP contribution in [0.25, 0.3) is 5.76 Å². The highest BCUT2D eigenvalue weighted by molar-refractivity contribution is 6.46. The molecule has 0 bridgehead atoms. The van der Waals surface area contributed by atoms with Gasteiger partial charge in [0.25, 0.3) is 11.7 Å². The number of ketones is 1. The van der Waals surface area contributed by atoms with Crippen molar-refractivity contribution in [3.63, 3.8) is 0 Å². The Morgan fingerprint density at radius 3 is 2.37 bits per heavy atom. The molecule has 2 aromatic rings. The first-order valence-corrected chi connectivity index (χ1v) is 10.3. The summed E-state index contributed by atoms with van der Waals surface area (Å²) < 4.78 is 5.40. The number of aliphatic hydroxyl groups is 1. The molecule has 0 aromatic heterocycles. The van der Waals surface area contributed by atoms with E-state index < -0.39 is 17.7 Å². The van der Waals surface area contributed by atoms with E-state index in [-0.39, 0.29) is 11.3 Å². The van der Waals surface area contributed by atoms with Crippen molar-refractivity contribution in [1.82, 2.24) is 4.90 Å². The van der Waals surface area contributed by atoms with Crippen LogP contribution in [0.2, 0.25) is 0 Å². The highest BCUT2D eigenvalue weighted by Crippen LogP contribution is 2.41. The lowest BCUT2D eigenvalue weighted by Gasteiger charge is -2.25. The van der Waals surface area contributed by atoms with Crippen LogP contribution in [0, 0.1) is 6.92 Å². The highest BCUT2D eigenvalue weighted by atomic mass is 16.5. The molecular formula is C25H29NO4. The van der Waals surface area contributed by atoms with Crippen molar-refractivity contribution in [2.24, 2.45) is 0 Å². The maximum atomic E-state index is 13.0. The molecule has 5 nitrogen and oxygen atoms in total. The van der Waals surface area contributed by atoms with Crippen molar-refractivity contribution >= 4 is 17.4 Å². The smallest absolute Gasteiger partial charge is 0.295 e. The molecule has 1 aliphatic heterocycles. The molecule has 3 rings (SSSR count). The Morgan fingerprint density at radius 2 is 1.80 bits per heavy atom. The highest BCUT2D eigenvalue weighted by Gasteiger charge is 2.45. The summed E-state index contributed by atoms with van der Waals surface area (Å²) in [6, 6.07) is 12.7. The Kier molecular flexibility index (Phi) is 6.30. The van der Waals surface area contributed by atoms with Gasteiger partial charge in [-0.1, -0.05) is 56.7 Å². The average Bonchev–Trinajstić information content (AvgIpc) is 2.98. The second-order valence-electron chi connectivity index (χ2n) is 8.02. The van der Waals surface area contributed by atoms with Crippen LogP contribution < -0.4 is 4.74 Å². The molecule has 1 saturated heterocycles. The molecule has 0 saturated carbocycles. The molecule has 0 radical (unpaired) electrons. The second kappa shape index (κ2) is 8.74. The van der Waals surface area contributed by atoms with Gasteiger partial charge >= 0.3 is 0 Å². The van der Waals surface area contributed by atoms with Gasteiger partial charge in [0.05, 0.1) is 24.3 Å². The number of carbonyl (C=O) groups is 2. The SMILES string of the molecule is CCCN1C(=O)C(=O)/C(=C(/O)c2cc(C)ccc2OC)C1c1ccc(C(C)C)cc1. The number of methoxy groups -OCH3 is 1. The van der Waals surface area contributed by atoms with Crippen LogP contribution in [0.1, 0.15) is 61.4 Å². The fourth-order valence-corrected chi connectivity index (χ4v) is 3.91. The number of benzene rings is 2. The Labute approximate surface area is 178 Å². The van der Waals surface area contributed by atoms with Gasteiger partial charge in [-0.25, -0.2) is 0 Å². The van der Waals surface area contributed by atoms with Gasteiger partial charge in [0, 0.05) is 6.54 Å². The number of hydrogen-bond acceptors (Lipinski definition) is 4. The number of rotatable bonds is 6. The first kappa shape index (κ1) is 21.6. The van der Waals surface area contributed by atoms with Crippen molar-refractivity contribution in [2.75, 3.05) is 13.7 Å². The molecule has 1 heterocycles. The molecule has 1 aliphatic rings. The molecule has 1 N–H and O–H groups in total. The molecule has 1 fully saturated rings. The quantitative estimate of drug-likeness (QED) is 0.418. The molecule has 2 aromatic carbocycles. The summed E-state index contributed by atoms with van der Waals surface area (Å²) in [6.07, 6.45) is 0.710. The number of carbonyl (C=O) groups excluding carboxylic acids is 2. The van der Waals surface area contributed by atoms with Crippen LogP contribution in [0.5, 0.6) is 5.75 Å². The third kappa shape index (κ3) is 3.84. The zero-order valence-electron chi connectivity index (χ0n) is 18.2. The third-order valence-electron chi connectivity index (χ3n) is 5.53. The standard InChI is InChI=1S/C25H29NO4/c1-6-13-26-22(18-10-8-17(9-11-18)15(2)3)21(24(28)25(26)29)23(27)19-14-16(4)7-12-20(19)30-5/h7-12,14-15,22,27H,6,13H2,1-5H3/b23-21+. The summed E-state index contributed by atoms with van der Waals surface area (Å²) in [6.45, 7) is 8.52. The molecule has 1 unspecified atom stereocenters. The van der Waals surface area contributed by atoms with Crippen molar-refractivity contribution in [3.8, 4) is 5.75 Å². The molecule has 158 valence electrons. The Hall–Kier alpha value is -3.08. The van der Waals surface area contributed by atoms with Crippen LogP contribution in [0.3, 0.4) is 0 Å². The number of hydrogen-bond donors (Lipinski definition) is 1. The summed E-state index contributed by atoms with van der Waals surface area (Å²) in [5.41, 5.74) is 3.41. The number of aliphatic hydroxyl groups excluding tert-OH is 1. The number of Topliss-reactive ketones (excluding diaryl/α,β-unsaturated/α-hetero) is 1. The van der Waals surface area contributed by atoms with Gasteiger partial charge < -0.3 is 14.7 Å². The van der Waals surface area contributed by atoms with E-state index in [1.54, 1.807) is 17.0 Å². The summed E-state index contributed by atoms with van der Waals surface area (Å²) in [4.78, 5) is 27.4. The fourth-order valence-electron chi connectivity index (χ4n) is 3.91. The average molecular weight is 408 g/mol. The molecule has 0 aliphatic carbocycles. The number of ether oxygens (including phenoxy) is 1. The minimum Gasteiger partial charge on any atom is -0.507 e. The summed E-state index contributed by atoms with van der Waals surface area (Å²) in [5, 5.41) is 11.2. The zero-order valence-corrected chi connectivity index (χ0v) is 18.2. The number of nitrogens with zero attached hydrogens (tertiary/aromatic N) is 1. The van der Waals surface area contributed by atoms with Gasteiger partial charge in [-0.05, 0) is 42.5 Å². The van der Waals surface area contributed by atoms with E-state index in [1.807, 2.05) is 44.2 Å². The van der Waals surface area contributed by atoms with Crippen LogP contribution in [-0.2, 0) is 9.59 Å². The van der Waals surface area contributed by atoms with E-state index in [0.29, 0.717) is 30.2 Å². The molecule has 0 spiro atoms. The van der Waals surface area contributed by atoms with Crippen LogP contribution in [0.15, 0.2) is 48.0 Å². The molecular weight excluding hydrogens is 378 g/mol. The van der Waals surface area contributed by atoms with Gasteiger partial charge in [-0.3, -0.25) is 9.59 Å². The van der Waals surface area contributed by atoms with E-state index in [2.05, 4.69) is 13.8 Å². The van der Waals surface area contributed by atoms with Crippen molar-refractivity contribution < 1.29 is 19.4 Å². The van der Waals surface area contributed by atoms with Crippen molar-refractivity contribution in [3.05, 3.63) is 70.3 Å². The maximum absolute atomic E-state index is 13.0. The van der Waals surface area contributed by atoms with Crippen molar-refractivity contribution in [2.45, 2.75) is 46.1 Å². The number of aryl methyl sites for hydroxylation is 1. The van der Waals surface area contributed by atoms with E-state index in [9.17, 15) is 14.7 Å². The van der Waals surface area contributed by atoms with Gasteiger partial charge in [0.2, 0.25) is 0 Å². The van der Waals surface area contributed by atoms with Crippen LogP contribution in [-0.4, -0.2) is 35.4 Å².